The third kappa shape index (κ3) is 3.89. The van der Waals surface area contributed by atoms with Crippen LogP contribution in [-0.2, 0) is 0 Å². The number of aliphatic hydroxyl groups excluding tert-OH is 2. The van der Waals surface area contributed by atoms with E-state index in [0.717, 1.165) is 16.9 Å². The van der Waals surface area contributed by atoms with Crippen LogP contribution in [-0.4, -0.2) is 53.9 Å². The van der Waals surface area contributed by atoms with E-state index in [-0.39, 0.29) is 31.0 Å². The van der Waals surface area contributed by atoms with Crippen molar-refractivity contribution < 1.29 is 19.7 Å². The zero-order chi connectivity index (χ0) is 18.5. The van der Waals surface area contributed by atoms with E-state index in [1.54, 1.807) is 4.90 Å². The van der Waals surface area contributed by atoms with Crippen molar-refractivity contribution in [2.45, 2.75) is 6.92 Å². The number of benzene rings is 2. The van der Waals surface area contributed by atoms with Gasteiger partial charge in [-0.2, -0.15) is 0 Å². The van der Waals surface area contributed by atoms with Crippen LogP contribution in [0.1, 0.15) is 17.3 Å². The Morgan fingerprint density at radius 1 is 0.962 bits per heavy atom. The summed E-state index contributed by atoms with van der Waals surface area (Å²) in [6.45, 7) is 3.55. The highest BCUT2D eigenvalue weighted by Crippen LogP contribution is 2.26. The second-order valence-corrected chi connectivity index (χ2v) is 6.63. The molecule has 1 aliphatic rings. The minimum absolute atomic E-state index is 0.00825. The van der Waals surface area contributed by atoms with Gasteiger partial charge in [-0.15, -0.1) is 0 Å². The highest BCUT2D eigenvalue weighted by molar-refractivity contribution is 5.95. The molecule has 2 aromatic rings. The number of hydrogen-bond donors (Lipinski definition) is 2. The smallest absolute Gasteiger partial charge is 0.253 e. The Kier molecular flexibility index (Phi) is 5.91. The minimum atomic E-state index is -0.0577. The Balaban J connectivity index is 1.70. The van der Waals surface area contributed by atoms with Gasteiger partial charge < -0.3 is 19.8 Å². The predicted octanol–water partition coefficient (Wildman–Crippen LogP) is 2.43. The van der Waals surface area contributed by atoms with Gasteiger partial charge in [0.15, 0.2) is 0 Å². The molecule has 5 heteroatoms. The number of nitrogens with zero attached hydrogens (tertiary/aromatic N) is 1. The SMILES string of the molecule is CCOc1ccc(-c2ccc(C(=O)N3C[C@@H](CO)[C@H](CO)C3)cc2)cc1. The maximum absolute atomic E-state index is 12.7. The first-order valence-corrected chi connectivity index (χ1v) is 9.00. The number of carbonyl (C=O) groups is 1. The molecule has 0 spiro atoms. The van der Waals surface area contributed by atoms with Crippen LogP contribution in [0, 0.1) is 11.8 Å². The van der Waals surface area contributed by atoms with Crippen molar-refractivity contribution in [3.8, 4) is 16.9 Å². The van der Waals surface area contributed by atoms with Gasteiger partial charge in [-0.1, -0.05) is 24.3 Å². The van der Waals surface area contributed by atoms with Gasteiger partial charge in [-0.05, 0) is 42.3 Å². The lowest BCUT2D eigenvalue weighted by molar-refractivity contribution is 0.0778. The van der Waals surface area contributed by atoms with Crippen LogP contribution in [0.4, 0.5) is 0 Å². The third-order valence-corrected chi connectivity index (χ3v) is 4.96. The van der Waals surface area contributed by atoms with Crippen molar-refractivity contribution in [2.75, 3.05) is 32.9 Å². The molecule has 0 aliphatic carbocycles. The van der Waals surface area contributed by atoms with E-state index in [9.17, 15) is 15.0 Å². The molecule has 2 atom stereocenters. The molecule has 5 nitrogen and oxygen atoms in total. The van der Waals surface area contributed by atoms with Crippen molar-refractivity contribution in [1.82, 2.24) is 4.90 Å². The molecule has 0 saturated carbocycles. The molecule has 1 aliphatic heterocycles. The topological polar surface area (TPSA) is 70.0 Å². The molecular formula is C21H25NO4. The largest absolute Gasteiger partial charge is 0.494 e. The van der Waals surface area contributed by atoms with Crippen molar-refractivity contribution in [3.63, 3.8) is 0 Å². The van der Waals surface area contributed by atoms with Gasteiger partial charge in [0, 0.05) is 43.7 Å². The summed E-state index contributed by atoms with van der Waals surface area (Å²) in [5.41, 5.74) is 2.72. The first kappa shape index (κ1) is 18.4. The molecule has 138 valence electrons. The van der Waals surface area contributed by atoms with Gasteiger partial charge >= 0.3 is 0 Å². The lowest BCUT2D eigenvalue weighted by Crippen LogP contribution is -2.29. The van der Waals surface area contributed by atoms with E-state index < -0.39 is 0 Å². The average Bonchev–Trinajstić information content (AvgIpc) is 3.12. The van der Waals surface area contributed by atoms with Gasteiger partial charge in [-0.25, -0.2) is 0 Å². The molecule has 3 rings (SSSR count). The maximum Gasteiger partial charge on any atom is 0.253 e. The molecule has 2 aromatic carbocycles. The van der Waals surface area contributed by atoms with Crippen molar-refractivity contribution in [1.29, 1.82) is 0 Å². The molecule has 1 fully saturated rings. The van der Waals surface area contributed by atoms with Crippen molar-refractivity contribution in [3.05, 3.63) is 54.1 Å². The Morgan fingerprint density at radius 2 is 1.46 bits per heavy atom. The fraction of sp³-hybridized carbons (Fsp3) is 0.381. The molecule has 0 unspecified atom stereocenters. The van der Waals surface area contributed by atoms with Gasteiger partial charge in [-0.3, -0.25) is 4.79 Å². The van der Waals surface area contributed by atoms with Crippen LogP contribution in [0.5, 0.6) is 5.75 Å². The Labute approximate surface area is 153 Å². The second kappa shape index (κ2) is 8.34. The summed E-state index contributed by atoms with van der Waals surface area (Å²) in [5, 5.41) is 18.8. The van der Waals surface area contributed by atoms with Crippen LogP contribution in [0.15, 0.2) is 48.5 Å². The standard InChI is InChI=1S/C21H25NO4/c1-2-26-20-9-7-16(8-10-20)15-3-5-17(6-4-15)21(25)22-11-18(13-23)19(12-22)14-24/h3-10,18-19,23-24H,2,11-14H2,1H3/t18-,19-/m0/s1. The molecule has 26 heavy (non-hydrogen) atoms. The molecule has 0 aromatic heterocycles. The monoisotopic (exact) mass is 355 g/mol. The molecule has 1 amide bonds. The summed E-state index contributed by atoms with van der Waals surface area (Å²) >= 11 is 0. The fourth-order valence-corrected chi connectivity index (χ4v) is 3.42. The second-order valence-electron chi connectivity index (χ2n) is 6.63. The molecule has 1 saturated heterocycles. The quantitative estimate of drug-likeness (QED) is 0.835. The van der Waals surface area contributed by atoms with Crippen LogP contribution in [0.2, 0.25) is 0 Å². The van der Waals surface area contributed by atoms with Crippen LogP contribution in [0.3, 0.4) is 0 Å². The van der Waals surface area contributed by atoms with Gasteiger partial charge in [0.2, 0.25) is 0 Å². The van der Waals surface area contributed by atoms with Crippen LogP contribution < -0.4 is 4.74 Å². The minimum Gasteiger partial charge on any atom is -0.494 e. The summed E-state index contributed by atoms with van der Waals surface area (Å²) in [7, 11) is 0. The number of rotatable bonds is 6. The number of carbonyl (C=O) groups excluding carboxylic acids is 1. The first-order valence-electron chi connectivity index (χ1n) is 9.00. The fourth-order valence-electron chi connectivity index (χ4n) is 3.42. The zero-order valence-corrected chi connectivity index (χ0v) is 15.0. The summed E-state index contributed by atoms with van der Waals surface area (Å²) in [4.78, 5) is 14.4. The highest BCUT2D eigenvalue weighted by Gasteiger charge is 2.34. The highest BCUT2D eigenvalue weighted by atomic mass is 16.5. The number of amides is 1. The number of ether oxygens (including phenoxy) is 1. The van der Waals surface area contributed by atoms with E-state index in [1.807, 2.05) is 55.5 Å². The summed E-state index contributed by atoms with van der Waals surface area (Å²) < 4.78 is 5.45. The molecular weight excluding hydrogens is 330 g/mol. The van der Waals surface area contributed by atoms with E-state index in [4.69, 9.17) is 4.74 Å². The average molecular weight is 355 g/mol. The predicted molar refractivity (Wildman–Crippen MR) is 100 cm³/mol. The first-order chi connectivity index (χ1) is 12.7. The Morgan fingerprint density at radius 3 is 1.92 bits per heavy atom. The van der Waals surface area contributed by atoms with E-state index >= 15 is 0 Å². The molecule has 0 bridgehead atoms. The van der Waals surface area contributed by atoms with E-state index in [1.165, 1.54) is 0 Å². The number of hydrogen-bond acceptors (Lipinski definition) is 4. The molecule has 2 N–H and O–H groups in total. The Hall–Kier alpha value is -2.37. The summed E-state index contributed by atoms with van der Waals surface area (Å²) in [6.07, 6.45) is 0. The van der Waals surface area contributed by atoms with Crippen molar-refractivity contribution >= 4 is 5.91 Å². The zero-order valence-electron chi connectivity index (χ0n) is 15.0. The lowest BCUT2D eigenvalue weighted by atomic mass is 9.98. The summed E-state index contributed by atoms with van der Waals surface area (Å²) in [5.74, 6) is 0.686. The normalized spacial score (nSPS) is 19.6. The lowest BCUT2D eigenvalue weighted by Gasteiger charge is -2.16. The maximum atomic E-state index is 12.7. The van der Waals surface area contributed by atoms with E-state index in [2.05, 4.69) is 0 Å². The van der Waals surface area contributed by atoms with Gasteiger partial charge in [0.1, 0.15) is 5.75 Å². The van der Waals surface area contributed by atoms with E-state index in [0.29, 0.717) is 25.3 Å². The third-order valence-electron chi connectivity index (χ3n) is 4.96. The van der Waals surface area contributed by atoms with Crippen LogP contribution >= 0.6 is 0 Å². The number of aliphatic hydroxyl groups is 2. The van der Waals surface area contributed by atoms with Gasteiger partial charge in [0.05, 0.1) is 6.61 Å². The number of likely N-dealkylation sites (tertiary alicyclic amines) is 1. The Bertz CT molecular complexity index is 715. The molecule has 1 heterocycles. The molecule has 0 radical (unpaired) electrons. The summed E-state index contributed by atoms with van der Waals surface area (Å²) in [6, 6.07) is 15.4. The van der Waals surface area contributed by atoms with Crippen LogP contribution in [0.25, 0.3) is 11.1 Å². The van der Waals surface area contributed by atoms with Crippen molar-refractivity contribution in [2.24, 2.45) is 11.8 Å². The van der Waals surface area contributed by atoms with Gasteiger partial charge in [0.25, 0.3) is 5.91 Å².